The molecule has 3 N–H and O–H groups in total. The molecule has 1 aromatic carbocycles. The van der Waals surface area contributed by atoms with Crippen LogP contribution in [0.4, 0.5) is 26.2 Å². The van der Waals surface area contributed by atoms with E-state index in [4.69, 9.17) is 10.5 Å². The summed E-state index contributed by atoms with van der Waals surface area (Å²) in [6.45, 7) is 8.98. The predicted octanol–water partition coefficient (Wildman–Crippen LogP) is 2.90. The number of hydrogen-bond donors (Lipinski definition) is 2. The van der Waals surface area contributed by atoms with Crippen LogP contribution in [0.3, 0.4) is 0 Å². The third-order valence-corrected chi connectivity index (χ3v) is 3.98. The van der Waals surface area contributed by atoms with Gasteiger partial charge in [-0.2, -0.15) is 0 Å². The normalized spacial score (nSPS) is 18.5. The summed E-state index contributed by atoms with van der Waals surface area (Å²) >= 11 is 0. The lowest BCUT2D eigenvalue weighted by Crippen LogP contribution is -2.54. The Morgan fingerprint density at radius 3 is 2.58 bits per heavy atom. The van der Waals surface area contributed by atoms with Crippen LogP contribution < -0.4 is 16.0 Å². The molecule has 0 unspecified atom stereocenters. The lowest BCUT2D eigenvalue weighted by molar-refractivity contribution is 0.0218. The summed E-state index contributed by atoms with van der Waals surface area (Å²) in [6, 6.07) is 3.01. The molecule has 0 saturated carbocycles. The maximum absolute atomic E-state index is 14.3. The van der Waals surface area contributed by atoms with Gasteiger partial charge in [-0.1, -0.05) is 0 Å². The molecule has 0 spiro atoms. The summed E-state index contributed by atoms with van der Waals surface area (Å²) < 4.78 is 19.8. The number of piperazine rings is 1. The molecule has 134 valence electrons. The van der Waals surface area contributed by atoms with Gasteiger partial charge >= 0.3 is 6.09 Å². The first kappa shape index (κ1) is 18.2. The maximum atomic E-state index is 14.3. The van der Waals surface area contributed by atoms with Gasteiger partial charge in [-0.05, 0) is 33.8 Å². The molecule has 24 heavy (non-hydrogen) atoms. The van der Waals surface area contributed by atoms with E-state index in [0.717, 1.165) is 0 Å². The van der Waals surface area contributed by atoms with Crippen LogP contribution in [0.1, 0.15) is 27.7 Å². The van der Waals surface area contributed by atoms with Crippen LogP contribution in [0.25, 0.3) is 0 Å². The van der Waals surface area contributed by atoms with Crippen molar-refractivity contribution in [1.29, 1.82) is 0 Å². The fraction of sp³-hybridized carbons (Fsp3) is 0.588. The van der Waals surface area contributed by atoms with Crippen LogP contribution in [0.2, 0.25) is 0 Å². The lowest BCUT2D eigenvalue weighted by atomic mass is 10.1. The highest BCUT2D eigenvalue weighted by atomic mass is 19.1. The van der Waals surface area contributed by atoms with Crippen molar-refractivity contribution in [3.05, 3.63) is 17.9 Å². The number of nitrogen functional groups attached to an aromatic ring is 1. The number of halogens is 1. The van der Waals surface area contributed by atoms with Crippen LogP contribution in [0, 0.1) is 5.82 Å². The number of benzene rings is 1. The molecule has 0 aromatic heterocycles. The standard InChI is InChI=1S/C17H27FN4O2/c1-11-10-21(16(23)24-17(2,3)4)6-7-22(11)15-9-14(20-5)13(19)8-12(15)18/h8-9,11,20H,6-7,10,19H2,1-5H3/t11-/m0/s1. The molecule has 7 heteroatoms. The van der Waals surface area contributed by atoms with E-state index in [-0.39, 0.29) is 18.0 Å². The van der Waals surface area contributed by atoms with Gasteiger partial charge in [0.15, 0.2) is 0 Å². The van der Waals surface area contributed by atoms with Gasteiger partial charge in [0.1, 0.15) is 11.4 Å². The summed E-state index contributed by atoms with van der Waals surface area (Å²) in [5.41, 5.74) is 6.82. The largest absolute Gasteiger partial charge is 0.444 e. The molecule has 2 rings (SSSR count). The Hall–Kier alpha value is -2.18. The highest BCUT2D eigenvalue weighted by Crippen LogP contribution is 2.31. The molecule has 1 fully saturated rings. The maximum Gasteiger partial charge on any atom is 0.410 e. The summed E-state index contributed by atoms with van der Waals surface area (Å²) in [5, 5.41) is 2.97. The molecule has 1 amide bonds. The van der Waals surface area contributed by atoms with E-state index in [9.17, 15) is 9.18 Å². The minimum Gasteiger partial charge on any atom is -0.444 e. The number of hydrogen-bond acceptors (Lipinski definition) is 5. The van der Waals surface area contributed by atoms with Crippen molar-refractivity contribution >= 4 is 23.2 Å². The van der Waals surface area contributed by atoms with Crippen molar-refractivity contribution in [2.75, 3.05) is 42.6 Å². The van der Waals surface area contributed by atoms with E-state index in [0.29, 0.717) is 36.7 Å². The lowest BCUT2D eigenvalue weighted by Gasteiger charge is -2.41. The summed E-state index contributed by atoms with van der Waals surface area (Å²) in [6.07, 6.45) is -0.331. The van der Waals surface area contributed by atoms with E-state index in [1.54, 1.807) is 18.0 Å². The first-order valence-corrected chi connectivity index (χ1v) is 8.13. The molecular formula is C17H27FN4O2. The van der Waals surface area contributed by atoms with Crippen molar-refractivity contribution in [2.45, 2.75) is 39.3 Å². The van der Waals surface area contributed by atoms with Crippen molar-refractivity contribution in [3.8, 4) is 0 Å². The molecule has 1 aromatic rings. The Morgan fingerprint density at radius 1 is 1.38 bits per heavy atom. The minimum atomic E-state index is -0.526. The number of nitrogens with zero attached hydrogens (tertiary/aromatic N) is 2. The van der Waals surface area contributed by atoms with Gasteiger partial charge in [-0.15, -0.1) is 0 Å². The predicted molar refractivity (Wildman–Crippen MR) is 95.0 cm³/mol. The first-order valence-electron chi connectivity index (χ1n) is 8.13. The van der Waals surface area contributed by atoms with Crippen LogP contribution >= 0.6 is 0 Å². The minimum absolute atomic E-state index is 0.0332. The van der Waals surface area contributed by atoms with E-state index in [1.165, 1.54) is 6.07 Å². The molecule has 1 aliphatic heterocycles. The Labute approximate surface area is 142 Å². The number of rotatable bonds is 2. The molecule has 1 aliphatic rings. The van der Waals surface area contributed by atoms with Gasteiger partial charge < -0.3 is 25.6 Å². The third kappa shape index (κ3) is 4.01. The van der Waals surface area contributed by atoms with Crippen molar-refractivity contribution in [2.24, 2.45) is 0 Å². The van der Waals surface area contributed by atoms with Crippen LogP contribution in [0.15, 0.2) is 12.1 Å². The number of carbonyl (C=O) groups excluding carboxylic acids is 1. The van der Waals surface area contributed by atoms with E-state index < -0.39 is 5.60 Å². The average molecular weight is 338 g/mol. The molecule has 1 saturated heterocycles. The fourth-order valence-electron chi connectivity index (χ4n) is 2.82. The van der Waals surface area contributed by atoms with Crippen LogP contribution in [-0.4, -0.2) is 49.3 Å². The number of ether oxygens (including phenoxy) is 1. The molecule has 6 nitrogen and oxygen atoms in total. The molecule has 0 bridgehead atoms. The Morgan fingerprint density at radius 2 is 2.04 bits per heavy atom. The van der Waals surface area contributed by atoms with Gasteiger partial charge in [0, 0.05) is 38.8 Å². The third-order valence-electron chi connectivity index (χ3n) is 3.98. The van der Waals surface area contributed by atoms with Gasteiger partial charge in [0.05, 0.1) is 17.1 Å². The molecule has 0 radical (unpaired) electrons. The zero-order chi connectivity index (χ0) is 18.1. The molecule has 1 heterocycles. The van der Waals surface area contributed by atoms with Crippen molar-refractivity contribution < 1.29 is 13.9 Å². The smallest absolute Gasteiger partial charge is 0.410 e. The Balaban J connectivity index is 2.13. The summed E-state index contributed by atoms with van der Waals surface area (Å²) in [5.74, 6) is -0.357. The zero-order valence-electron chi connectivity index (χ0n) is 15.0. The number of carbonyl (C=O) groups is 1. The summed E-state index contributed by atoms with van der Waals surface area (Å²) in [7, 11) is 1.75. The fourth-order valence-corrected chi connectivity index (χ4v) is 2.82. The van der Waals surface area contributed by atoms with Crippen molar-refractivity contribution in [1.82, 2.24) is 4.90 Å². The average Bonchev–Trinajstić information content (AvgIpc) is 2.46. The molecule has 1 atom stereocenters. The number of anilines is 3. The van der Waals surface area contributed by atoms with Gasteiger partial charge in [0.25, 0.3) is 0 Å². The highest BCUT2D eigenvalue weighted by Gasteiger charge is 2.31. The number of nitrogens with one attached hydrogen (secondary N) is 1. The SMILES string of the molecule is CNc1cc(N2CCN(C(=O)OC(C)(C)C)C[C@@H]2C)c(F)cc1N. The first-order chi connectivity index (χ1) is 11.1. The second kappa shape index (κ2) is 6.75. The van der Waals surface area contributed by atoms with E-state index in [1.807, 2.05) is 32.6 Å². The number of nitrogens with two attached hydrogens (primary N) is 1. The highest BCUT2D eigenvalue weighted by molar-refractivity contribution is 5.73. The van der Waals surface area contributed by atoms with E-state index in [2.05, 4.69) is 5.32 Å². The molecule has 0 aliphatic carbocycles. The van der Waals surface area contributed by atoms with E-state index >= 15 is 0 Å². The van der Waals surface area contributed by atoms with Crippen molar-refractivity contribution in [3.63, 3.8) is 0 Å². The van der Waals surface area contributed by atoms with Gasteiger partial charge in [0.2, 0.25) is 0 Å². The van der Waals surface area contributed by atoms with Crippen LogP contribution in [0.5, 0.6) is 0 Å². The second-order valence-corrected chi connectivity index (χ2v) is 7.11. The Kier molecular flexibility index (Phi) is 5.11. The number of amides is 1. The van der Waals surface area contributed by atoms with Gasteiger partial charge in [-0.3, -0.25) is 0 Å². The van der Waals surface area contributed by atoms with Gasteiger partial charge in [-0.25, -0.2) is 9.18 Å². The monoisotopic (exact) mass is 338 g/mol. The quantitative estimate of drug-likeness (QED) is 0.812. The zero-order valence-corrected chi connectivity index (χ0v) is 15.0. The molecular weight excluding hydrogens is 311 g/mol. The Bertz CT molecular complexity index is 615. The van der Waals surface area contributed by atoms with Crippen LogP contribution in [-0.2, 0) is 4.74 Å². The summed E-state index contributed by atoms with van der Waals surface area (Å²) in [4.78, 5) is 15.8. The second-order valence-electron chi connectivity index (χ2n) is 7.11. The topological polar surface area (TPSA) is 70.8 Å².